The highest BCUT2D eigenvalue weighted by Gasteiger charge is 2.30. The summed E-state index contributed by atoms with van der Waals surface area (Å²) in [6, 6.07) is 9.17. The van der Waals surface area contributed by atoms with Crippen LogP contribution in [0, 0.1) is 0 Å². The van der Waals surface area contributed by atoms with Gasteiger partial charge in [0.05, 0.1) is 5.56 Å². The molecule has 106 valence electrons. The van der Waals surface area contributed by atoms with Crippen molar-refractivity contribution in [3.8, 4) is 0 Å². The first kappa shape index (κ1) is 14.2. The zero-order chi connectivity index (χ0) is 14.8. The number of alkyl halides is 3. The normalized spacial score (nSPS) is 11.4. The average molecular weight is 281 g/mol. The minimum Gasteiger partial charge on any atom is -0.399 e. The van der Waals surface area contributed by atoms with Crippen LogP contribution in [0.1, 0.15) is 11.1 Å². The molecule has 1 aromatic heterocycles. The molecule has 0 spiro atoms. The summed E-state index contributed by atoms with van der Waals surface area (Å²) >= 11 is 0. The van der Waals surface area contributed by atoms with Gasteiger partial charge < -0.3 is 10.6 Å². The van der Waals surface area contributed by atoms with Gasteiger partial charge in [0.25, 0.3) is 0 Å². The summed E-state index contributed by atoms with van der Waals surface area (Å²) < 4.78 is 37.9. The summed E-state index contributed by atoms with van der Waals surface area (Å²) in [6.45, 7) is 0.453. The number of hydrogen-bond donors (Lipinski definition) is 1. The molecule has 0 bridgehead atoms. The monoisotopic (exact) mass is 281 g/mol. The maximum Gasteiger partial charge on any atom is 0.416 e. The van der Waals surface area contributed by atoms with Crippen molar-refractivity contribution in [3.63, 3.8) is 0 Å². The van der Waals surface area contributed by atoms with Crippen molar-refractivity contribution in [3.05, 3.63) is 53.7 Å². The van der Waals surface area contributed by atoms with Gasteiger partial charge in [0, 0.05) is 25.5 Å². The molecule has 0 fully saturated rings. The Morgan fingerprint density at radius 2 is 1.80 bits per heavy atom. The molecule has 0 saturated heterocycles. The zero-order valence-corrected chi connectivity index (χ0v) is 10.9. The maximum absolute atomic E-state index is 12.6. The molecule has 1 heterocycles. The Morgan fingerprint density at radius 3 is 2.40 bits per heavy atom. The van der Waals surface area contributed by atoms with Crippen molar-refractivity contribution in [1.82, 2.24) is 4.98 Å². The highest BCUT2D eigenvalue weighted by Crippen LogP contribution is 2.30. The molecule has 0 radical (unpaired) electrons. The van der Waals surface area contributed by atoms with Gasteiger partial charge in [-0.3, -0.25) is 0 Å². The minimum absolute atomic E-state index is 0.275. The van der Waals surface area contributed by atoms with E-state index in [0.717, 1.165) is 23.9 Å². The van der Waals surface area contributed by atoms with Crippen molar-refractivity contribution >= 4 is 11.5 Å². The average Bonchev–Trinajstić information content (AvgIpc) is 2.40. The number of nitrogens with zero attached hydrogens (tertiary/aromatic N) is 2. The number of rotatable bonds is 3. The summed E-state index contributed by atoms with van der Waals surface area (Å²) in [7, 11) is 1.69. The lowest BCUT2D eigenvalue weighted by Gasteiger charge is -2.19. The molecular weight excluding hydrogens is 267 g/mol. The molecule has 2 aromatic rings. The summed E-state index contributed by atoms with van der Waals surface area (Å²) in [4.78, 5) is 5.62. The zero-order valence-electron chi connectivity index (χ0n) is 10.9. The van der Waals surface area contributed by atoms with Gasteiger partial charge in [-0.05, 0) is 29.8 Å². The molecule has 20 heavy (non-hydrogen) atoms. The van der Waals surface area contributed by atoms with Crippen molar-refractivity contribution in [1.29, 1.82) is 0 Å². The van der Waals surface area contributed by atoms with E-state index >= 15 is 0 Å². The van der Waals surface area contributed by atoms with Crippen LogP contribution in [0.2, 0.25) is 0 Å². The predicted molar refractivity (Wildman–Crippen MR) is 72.2 cm³/mol. The Bertz CT molecular complexity index is 579. The number of aromatic nitrogens is 1. The molecule has 1 aromatic carbocycles. The number of pyridine rings is 1. The van der Waals surface area contributed by atoms with Crippen LogP contribution in [0.3, 0.4) is 0 Å². The van der Waals surface area contributed by atoms with E-state index in [2.05, 4.69) is 4.98 Å². The SMILES string of the molecule is CN(Cc1ccc(N)cc1)c1cc(C(F)(F)F)ccn1. The van der Waals surface area contributed by atoms with Gasteiger partial charge in [-0.1, -0.05) is 12.1 Å². The number of nitrogen functional groups attached to an aromatic ring is 1. The topological polar surface area (TPSA) is 42.1 Å². The molecule has 0 atom stereocenters. The van der Waals surface area contributed by atoms with Crippen molar-refractivity contribution in [2.45, 2.75) is 12.7 Å². The predicted octanol–water partition coefficient (Wildman–Crippen LogP) is 3.32. The number of halogens is 3. The van der Waals surface area contributed by atoms with Crippen LogP contribution in [0.15, 0.2) is 42.6 Å². The number of hydrogen-bond acceptors (Lipinski definition) is 3. The Balaban J connectivity index is 2.17. The fraction of sp³-hybridized carbons (Fsp3) is 0.214. The number of nitrogens with two attached hydrogens (primary N) is 1. The fourth-order valence-corrected chi connectivity index (χ4v) is 1.78. The third-order valence-corrected chi connectivity index (χ3v) is 2.86. The van der Waals surface area contributed by atoms with Crippen molar-refractivity contribution in [2.75, 3.05) is 17.7 Å². The van der Waals surface area contributed by atoms with Crippen LogP contribution in [0.25, 0.3) is 0 Å². The van der Waals surface area contributed by atoms with Crippen molar-refractivity contribution in [2.24, 2.45) is 0 Å². The lowest BCUT2D eigenvalue weighted by molar-refractivity contribution is -0.137. The Morgan fingerprint density at radius 1 is 1.15 bits per heavy atom. The molecule has 0 aliphatic heterocycles. The Kier molecular flexibility index (Phi) is 3.83. The van der Waals surface area contributed by atoms with Gasteiger partial charge in [-0.2, -0.15) is 13.2 Å². The molecule has 0 aliphatic rings. The van der Waals surface area contributed by atoms with Crippen LogP contribution in [0.5, 0.6) is 0 Å². The smallest absolute Gasteiger partial charge is 0.399 e. The Hall–Kier alpha value is -2.24. The summed E-state index contributed by atoms with van der Waals surface area (Å²) in [6.07, 6.45) is -3.20. The number of anilines is 2. The first-order chi connectivity index (χ1) is 9.36. The van der Waals surface area contributed by atoms with E-state index in [1.807, 2.05) is 12.1 Å². The summed E-state index contributed by atoms with van der Waals surface area (Å²) in [5.41, 5.74) is 6.48. The standard InChI is InChI=1S/C14H14F3N3/c1-20(9-10-2-4-12(18)5-3-10)13-8-11(6-7-19-13)14(15,16)17/h2-8H,9,18H2,1H3. The summed E-state index contributed by atoms with van der Waals surface area (Å²) in [5.74, 6) is 0.275. The number of benzene rings is 1. The molecule has 2 rings (SSSR count). The van der Waals surface area contributed by atoms with Crippen LogP contribution < -0.4 is 10.6 Å². The van der Waals surface area contributed by atoms with Gasteiger partial charge in [0.2, 0.25) is 0 Å². The molecule has 0 aliphatic carbocycles. The maximum atomic E-state index is 12.6. The van der Waals surface area contributed by atoms with E-state index in [-0.39, 0.29) is 5.82 Å². The molecule has 3 nitrogen and oxygen atoms in total. The highest BCUT2D eigenvalue weighted by atomic mass is 19.4. The van der Waals surface area contributed by atoms with E-state index in [4.69, 9.17) is 5.73 Å². The molecule has 0 saturated carbocycles. The lowest BCUT2D eigenvalue weighted by atomic mass is 10.2. The molecule has 2 N–H and O–H groups in total. The van der Waals surface area contributed by atoms with Gasteiger partial charge in [-0.15, -0.1) is 0 Å². The molecule has 6 heteroatoms. The van der Waals surface area contributed by atoms with Gasteiger partial charge in [-0.25, -0.2) is 4.98 Å². The van der Waals surface area contributed by atoms with Gasteiger partial charge >= 0.3 is 6.18 Å². The fourth-order valence-electron chi connectivity index (χ4n) is 1.78. The third-order valence-electron chi connectivity index (χ3n) is 2.86. The second kappa shape index (κ2) is 5.40. The first-order valence-corrected chi connectivity index (χ1v) is 5.95. The minimum atomic E-state index is -4.36. The second-order valence-electron chi connectivity index (χ2n) is 4.50. The molecule has 0 unspecified atom stereocenters. The van der Waals surface area contributed by atoms with Crippen LogP contribution in [-0.4, -0.2) is 12.0 Å². The van der Waals surface area contributed by atoms with Crippen molar-refractivity contribution < 1.29 is 13.2 Å². The van der Waals surface area contributed by atoms with E-state index in [9.17, 15) is 13.2 Å². The quantitative estimate of drug-likeness (QED) is 0.878. The van der Waals surface area contributed by atoms with Crippen LogP contribution >= 0.6 is 0 Å². The lowest BCUT2D eigenvalue weighted by Crippen LogP contribution is -2.18. The Labute approximate surface area is 114 Å². The third kappa shape index (κ3) is 3.40. The first-order valence-electron chi connectivity index (χ1n) is 5.95. The second-order valence-corrected chi connectivity index (χ2v) is 4.50. The summed E-state index contributed by atoms with van der Waals surface area (Å²) in [5, 5.41) is 0. The molecular formula is C14H14F3N3. The van der Waals surface area contributed by atoms with Gasteiger partial charge in [0.1, 0.15) is 5.82 Å². The van der Waals surface area contributed by atoms with E-state index < -0.39 is 11.7 Å². The molecule has 0 amide bonds. The van der Waals surface area contributed by atoms with E-state index in [0.29, 0.717) is 12.2 Å². The van der Waals surface area contributed by atoms with E-state index in [1.165, 1.54) is 0 Å². The largest absolute Gasteiger partial charge is 0.416 e. The highest BCUT2D eigenvalue weighted by molar-refractivity contribution is 5.44. The van der Waals surface area contributed by atoms with E-state index in [1.54, 1.807) is 24.1 Å². The van der Waals surface area contributed by atoms with Gasteiger partial charge in [0.15, 0.2) is 0 Å². The van der Waals surface area contributed by atoms with Crippen LogP contribution in [0.4, 0.5) is 24.7 Å². The van der Waals surface area contributed by atoms with Crippen LogP contribution in [-0.2, 0) is 12.7 Å².